The van der Waals surface area contributed by atoms with Gasteiger partial charge in [-0.15, -0.1) is 0 Å². The van der Waals surface area contributed by atoms with Crippen molar-refractivity contribution in [3.63, 3.8) is 0 Å². The number of nitrogens with zero attached hydrogens (tertiary/aromatic N) is 1. The number of aliphatic carboxylic acids is 1. The molecule has 6 nitrogen and oxygen atoms in total. The maximum atomic E-state index is 13.2. The molecule has 0 amide bonds. The van der Waals surface area contributed by atoms with Gasteiger partial charge in [0.05, 0.1) is 17.6 Å². The zero-order valence-corrected chi connectivity index (χ0v) is 8.21. The number of carboxylic acid groups (broad SMARTS) is 1. The fourth-order valence-electron chi connectivity index (χ4n) is 1.16. The van der Waals surface area contributed by atoms with Crippen molar-refractivity contribution < 1.29 is 24.0 Å². The Bertz CT molecular complexity index is 434. The average molecular weight is 229 g/mol. The second kappa shape index (κ2) is 4.56. The number of nitro groups is 1. The van der Waals surface area contributed by atoms with Crippen LogP contribution >= 0.6 is 0 Å². The number of benzene rings is 1. The van der Waals surface area contributed by atoms with E-state index in [1.165, 1.54) is 13.2 Å². The Labute approximate surface area is 89.4 Å². The van der Waals surface area contributed by atoms with E-state index in [-0.39, 0.29) is 5.75 Å². The van der Waals surface area contributed by atoms with Crippen LogP contribution in [0.5, 0.6) is 5.75 Å². The van der Waals surface area contributed by atoms with Crippen LogP contribution in [0.2, 0.25) is 0 Å². The Kier molecular flexibility index (Phi) is 3.39. The van der Waals surface area contributed by atoms with Gasteiger partial charge in [0.1, 0.15) is 5.75 Å². The summed E-state index contributed by atoms with van der Waals surface area (Å²) in [5.74, 6) is -1.62. The summed E-state index contributed by atoms with van der Waals surface area (Å²) in [6.07, 6.45) is -2.45. The molecule has 86 valence electrons. The second-order valence-corrected chi connectivity index (χ2v) is 2.88. The highest BCUT2D eigenvalue weighted by Gasteiger charge is 2.28. The number of halogens is 1. The fourth-order valence-corrected chi connectivity index (χ4v) is 1.16. The number of carbonyl (C=O) groups is 1. The van der Waals surface area contributed by atoms with E-state index in [0.717, 1.165) is 12.1 Å². The van der Waals surface area contributed by atoms with Gasteiger partial charge >= 0.3 is 5.97 Å². The lowest BCUT2D eigenvalue weighted by molar-refractivity contribution is -0.386. The van der Waals surface area contributed by atoms with Crippen LogP contribution in [0.4, 0.5) is 10.1 Å². The molecule has 7 heteroatoms. The molecule has 0 bridgehead atoms. The molecule has 1 aromatic carbocycles. The van der Waals surface area contributed by atoms with E-state index >= 15 is 0 Å². The number of hydrogen-bond acceptors (Lipinski definition) is 4. The summed E-state index contributed by atoms with van der Waals surface area (Å²) in [5.41, 5.74) is -1.12. The normalized spacial score (nSPS) is 11.9. The minimum atomic E-state index is -2.45. The molecular weight excluding hydrogens is 221 g/mol. The van der Waals surface area contributed by atoms with E-state index < -0.39 is 28.3 Å². The van der Waals surface area contributed by atoms with Gasteiger partial charge in [0.15, 0.2) is 0 Å². The number of rotatable bonds is 4. The van der Waals surface area contributed by atoms with Crippen LogP contribution in [-0.4, -0.2) is 23.1 Å². The van der Waals surface area contributed by atoms with Crippen LogP contribution in [0.3, 0.4) is 0 Å². The number of nitro benzene ring substituents is 1. The number of alkyl halides is 1. The molecule has 0 unspecified atom stereocenters. The second-order valence-electron chi connectivity index (χ2n) is 2.88. The number of hydrogen-bond donors (Lipinski definition) is 1. The van der Waals surface area contributed by atoms with Crippen molar-refractivity contribution in [2.24, 2.45) is 0 Å². The first-order valence-corrected chi connectivity index (χ1v) is 4.16. The Morgan fingerprint density at radius 3 is 2.69 bits per heavy atom. The zero-order chi connectivity index (χ0) is 12.3. The molecule has 0 aromatic heterocycles. The lowest BCUT2D eigenvalue weighted by atomic mass is 10.1. The fraction of sp³-hybridized carbons (Fsp3) is 0.222. The highest BCUT2D eigenvalue weighted by Crippen LogP contribution is 2.31. The van der Waals surface area contributed by atoms with Crippen LogP contribution in [0.25, 0.3) is 0 Å². The molecule has 0 aliphatic heterocycles. The summed E-state index contributed by atoms with van der Waals surface area (Å²) in [5, 5.41) is 19.0. The monoisotopic (exact) mass is 229 g/mol. The SMILES string of the molecule is COc1ccc([N+](=O)[O-])c([C@@H](F)C(=O)O)c1. The molecular formula is C9H8FNO5. The number of ether oxygens (including phenoxy) is 1. The Hall–Kier alpha value is -2.18. The van der Waals surface area contributed by atoms with Crippen LogP contribution in [-0.2, 0) is 4.79 Å². The maximum Gasteiger partial charge on any atom is 0.343 e. The standard InChI is InChI=1S/C9H8FNO5/c1-16-5-2-3-7(11(14)15)6(4-5)8(10)9(12)13/h2-4,8H,1H3,(H,12,13)/t8-/m1/s1. The minimum absolute atomic E-state index is 0.157. The van der Waals surface area contributed by atoms with E-state index in [9.17, 15) is 19.3 Å². The lowest BCUT2D eigenvalue weighted by Gasteiger charge is -2.06. The van der Waals surface area contributed by atoms with E-state index in [1.54, 1.807) is 0 Å². The first kappa shape index (κ1) is 11.9. The smallest absolute Gasteiger partial charge is 0.343 e. The summed E-state index contributed by atoms with van der Waals surface area (Å²) < 4.78 is 18.0. The molecule has 0 saturated heterocycles. The first-order chi connectivity index (χ1) is 7.47. The van der Waals surface area contributed by atoms with Crippen molar-refractivity contribution in [1.82, 2.24) is 0 Å². The molecule has 0 heterocycles. The Morgan fingerprint density at radius 2 is 2.25 bits per heavy atom. The molecule has 1 aromatic rings. The van der Waals surface area contributed by atoms with Crippen LogP contribution < -0.4 is 4.74 Å². The molecule has 16 heavy (non-hydrogen) atoms. The quantitative estimate of drug-likeness (QED) is 0.626. The van der Waals surface area contributed by atoms with E-state index in [4.69, 9.17) is 9.84 Å². The maximum absolute atomic E-state index is 13.2. The van der Waals surface area contributed by atoms with Gasteiger partial charge in [-0.25, -0.2) is 9.18 Å². The number of carboxylic acids is 1. The third-order valence-corrected chi connectivity index (χ3v) is 1.92. The van der Waals surface area contributed by atoms with Gasteiger partial charge in [-0.3, -0.25) is 10.1 Å². The Balaban J connectivity index is 3.30. The topological polar surface area (TPSA) is 89.7 Å². The summed E-state index contributed by atoms with van der Waals surface area (Å²) in [4.78, 5) is 20.1. The molecule has 1 N–H and O–H groups in total. The van der Waals surface area contributed by atoms with Gasteiger partial charge < -0.3 is 9.84 Å². The van der Waals surface area contributed by atoms with Crippen molar-refractivity contribution in [2.75, 3.05) is 7.11 Å². The van der Waals surface area contributed by atoms with Crippen LogP contribution in [0, 0.1) is 10.1 Å². The molecule has 0 spiro atoms. The van der Waals surface area contributed by atoms with Gasteiger partial charge in [0.2, 0.25) is 6.17 Å². The highest BCUT2D eigenvalue weighted by atomic mass is 19.1. The first-order valence-electron chi connectivity index (χ1n) is 4.16. The Morgan fingerprint density at radius 1 is 1.62 bits per heavy atom. The lowest BCUT2D eigenvalue weighted by Crippen LogP contribution is -2.08. The summed E-state index contributed by atoms with van der Waals surface area (Å²) in [6.45, 7) is 0. The third-order valence-electron chi connectivity index (χ3n) is 1.92. The predicted molar refractivity (Wildman–Crippen MR) is 51.1 cm³/mol. The van der Waals surface area contributed by atoms with Gasteiger partial charge in [-0.1, -0.05) is 0 Å². The summed E-state index contributed by atoms with van der Waals surface area (Å²) >= 11 is 0. The van der Waals surface area contributed by atoms with Gasteiger partial charge in [0, 0.05) is 6.07 Å². The van der Waals surface area contributed by atoms with Gasteiger partial charge in [0.25, 0.3) is 5.69 Å². The molecule has 0 saturated carbocycles. The third kappa shape index (κ3) is 2.25. The van der Waals surface area contributed by atoms with E-state index in [1.807, 2.05) is 0 Å². The molecule has 1 rings (SSSR count). The minimum Gasteiger partial charge on any atom is -0.497 e. The predicted octanol–water partition coefficient (Wildman–Crippen LogP) is 1.70. The van der Waals surface area contributed by atoms with Crippen molar-refractivity contribution in [1.29, 1.82) is 0 Å². The van der Waals surface area contributed by atoms with Crippen LogP contribution in [0.15, 0.2) is 18.2 Å². The zero-order valence-electron chi connectivity index (χ0n) is 8.21. The summed E-state index contributed by atoms with van der Waals surface area (Å²) in [6, 6.07) is 3.26. The van der Waals surface area contributed by atoms with Crippen molar-refractivity contribution in [3.05, 3.63) is 33.9 Å². The van der Waals surface area contributed by atoms with Crippen LogP contribution in [0.1, 0.15) is 11.7 Å². The van der Waals surface area contributed by atoms with E-state index in [0.29, 0.717) is 0 Å². The average Bonchev–Trinajstić information content (AvgIpc) is 2.26. The largest absolute Gasteiger partial charge is 0.497 e. The van der Waals surface area contributed by atoms with Crippen molar-refractivity contribution >= 4 is 11.7 Å². The molecule has 0 aliphatic rings. The van der Waals surface area contributed by atoms with Gasteiger partial charge in [-0.2, -0.15) is 0 Å². The molecule has 1 atom stereocenters. The molecule has 0 radical (unpaired) electrons. The highest BCUT2D eigenvalue weighted by molar-refractivity contribution is 5.76. The number of methoxy groups -OCH3 is 1. The van der Waals surface area contributed by atoms with Crippen molar-refractivity contribution in [3.8, 4) is 5.75 Å². The molecule has 0 aliphatic carbocycles. The summed E-state index contributed by atoms with van der Waals surface area (Å²) in [7, 11) is 1.29. The van der Waals surface area contributed by atoms with E-state index in [2.05, 4.69) is 0 Å². The van der Waals surface area contributed by atoms with Gasteiger partial charge in [-0.05, 0) is 12.1 Å². The molecule has 0 fully saturated rings. The van der Waals surface area contributed by atoms with Crippen molar-refractivity contribution in [2.45, 2.75) is 6.17 Å².